The number of nitrogens with one attached hydrogen (secondary N) is 1. The van der Waals surface area contributed by atoms with E-state index in [1.54, 1.807) is 30.3 Å². The third-order valence-electron chi connectivity index (χ3n) is 3.01. The van der Waals surface area contributed by atoms with Gasteiger partial charge in [-0.25, -0.2) is 0 Å². The number of hydrogen-bond donors (Lipinski definition) is 1. The van der Waals surface area contributed by atoms with Crippen LogP contribution in [0.5, 0.6) is 0 Å². The Kier molecular flexibility index (Phi) is 5.86. The molecule has 1 N–H and O–H groups in total. The lowest BCUT2D eigenvalue weighted by Gasteiger charge is -2.02. The molecule has 3 aromatic rings. The molecule has 2 aromatic carbocycles. The van der Waals surface area contributed by atoms with E-state index in [1.807, 2.05) is 12.1 Å². The van der Waals surface area contributed by atoms with E-state index in [-0.39, 0.29) is 23.6 Å². The average Bonchev–Trinajstić information content (AvgIpc) is 3.05. The first kappa shape index (κ1) is 18.1. The highest BCUT2D eigenvalue weighted by molar-refractivity contribution is 8.00. The summed E-state index contributed by atoms with van der Waals surface area (Å²) in [7, 11) is 0. The lowest BCUT2D eigenvalue weighted by atomic mass is 10.2. The van der Waals surface area contributed by atoms with Gasteiger partial charge in [0.2, 0.25) is 5.91 Å². The normalized spacial score (nSPS) is 10.7. The van der Waals surface area contributed by atoms with Crippen LogP contribution >= 0.6 is 46.6 Å². The van der Waals surface area contributed by atoms with Gasteiger partial charge in [-0.2, -0.15) is 0 Å². The summed E-state index contributed by atoms with van der Waals surface area (Å²) in [5, 5.41) is 11.8. The number of aromatic nitrogens is 2. The van der Waals surface area contributed by atoms with Crippen molar-refractivity contribution in [2.45, 2.75) is 4.90 Å². The minimum atomic E-state index is -0.271. The number of nitrogens with zero attached hydrogens (tertiary/aromatic N) is 2. The Bertz CT molecular complexity index is 900. The highest BCUT2D eigenvalue weighted by Crippen LogP contribution is 2.30. The Morgan fingerprint density at radius 3 is 2.52 bits per heavy atom. The van der Waals surface area contributed by atoms with Crippen LogP contribution in [0.4, 0.5) is 6.01 Å². The van der Waals surface area contributed by atoms with Crippen LogP contribution in [0.1, 0.15) is 0 Å². The Morgan fingerprint density at radius 1 is 1.04 bits per heavy atom. The zero-order valence-electron chi connectivity index (χ0n) is 12.5. The van der Waals surface area contributed by atoms with Crippen molar-refractivity contribution in [2.24, 2.45) is 0 Å². The van der Waals surface area contributed by atoms with Gasteiger partial charge in [0, 0.05) is 14.9 Å². The second-order valence-corrected chi connectivity index (χ2v) is 7.16. The first-order chi connectivity index (χ1) is 12.0. The Hall–Kier alpha value is -1.73. The fourth-order valence-electron chi connectivity index (χ4n) is 1.88. The van der Waals surface area contributed by atoms with Gasteiger partial charge in [0.25, 0.3) is 5.89 Å². The largest absolute Gasteiger partial charge is 0.403 e. The zero-order chi connectivity index (χ0) is 17.8. The summed E-state index contributed by atoms with van der Waals surface area (Å²) in [6.45, 7) is 0. The van der Waals surface area contributed by atoms with Crippen molar-refractivity contribution >= 4 is 58.5 Å². The van der Waals surface area contributed by atoms with Crippen LogP contribution in [0.25, 0.3) is 11.5 Å². The summed E-state index contributed by atoms with van der Waals surface area (Å²) in [6, 6.07) is 12.1. The Labute approximate surface area is 162 Å². The smallest absolute Gasteiger partial charge is 0.322 e. The van der Waals surface area contributed by atoms with Crippen molar-refractivity contribution < 1.29 is 9.21 Å². The SMILES string of the molecule is O=C(CSc1ccc(Cl)cc1)Nc1nnc(-c2cc(Cl)ccc2Cl)o1. The zero-order valence-corrected chi connectivity index (χ0v) is 15.6. The number of benzene rings is 2. The molecule has 3 rings (SSSR count). The molecule has 1 amide bonds. The summed E-state index contributed by atoms with van der Waals surface area (Å²) < 4.78 is 5.42. The summed E-state index contributed by atoms with van der Waals surface area (Å²) in [4.78, 5) is 12.9. The van der Waals surface area contributed by atoms with Crippen molar-refractivity contribution in [1.82, 2.24) is 10.2 Å². The van der Waals surface area contributed by atoms with Crippen LogP contribution in [-0.4, -0.2) is 21.9 Å². The van der Waals surface area contributed by atoms with Crippen LogP contribution in [0, 0.1) is 0 Å². The molecule has 0 unspecified atom stereocenters. The predicted octanol–water partition coefficient (Wildman–Crippen LogP) is 5.43. The molecule has 25 heavy (non-hydrogen) atoms. The first-order valence-corrected chi connectivity index (χ1v) is 9.10. The lowest BCUT2D eigenvalue weighted by molar-refractivity contribution is -0.113. The van der Waals surface area contributed by atoms with Gasteiger partial charge in [0.15, 0.2) is 0 Å². The van der Waals surface area contributed by atoms with Crippen molar-refractivity contribution in [3.05, 3.63) is 57.5 Å². The number of amides is 1. The van der Waals surface area contributed by atoms with Gasteiger partial charge in [0.05, 0.1) is 16.3 Å². The second kappa shape index (κ2) is 8.10. The minimum absolute atomic E-state index is 0.00671. The Balaban J connectivity index is 1.62. The number of halogens is 3. The fraction of sp³-hybridized carbons (Fsp3) is 0.0625. The van der Waals surface area contributed by atoms with Gasteiger partial charge in [0.1, 0.15) is 0 Å². The van der Waals surface area contributed by atoms with Crippen LogP contribution in [-0.2, 0) is 4.79 Å². The molecule has 0 aliphatic heterocycles. The summed E-state index contributed by atoms with van der Waals surface area (Å²) in [5.41, 5.74) is 0.498. The van der Waals surface area contributed by atoms with Gasteiger partial charge >= 0.3 is 6.01 Å². The topological polar surface area (TPSA) is 68.0 Å². The number of carbonyl (C=O) groups excluding carboxylic acids is 1. The van der Waals surface area contributed by atoms with Crippen LogP contribution in [0.3, 0.4) is 0 Å². The van der Waals surface area contributed by atoms with Crippen molar-refractivity contribution in [2.75, 3.05) is 11.1 Å². The van der Waals surface area contributed by atoms with Crippen LogP contribution in [0.2, 0.25) is 15.1 Å². The van der Waals surface area contributed by atoms with E-state index in [0.29, 0.717) is 20.6 Å². The molecular formula is C16H10Cl3N3O2S. The van der Waals surface area contributed by atoms with E-state index in [9.17, 15) is 4.79 Å². The number of carbonyl (C=O) groups is 1. The molecule has 0 fully saturated rings. The third-order valence-corrected chi connectivity index (χ3v) is 4.84. The Morgan fingerprint density at radius 2 is 1.76 bits per heavy atom. The second-order valence-electron chi connectivity index (χ2n) is 4.83. The molecular weight excluding hydrogens is 405 g/mol. The van der Waals surface area contributed by atoms with Gasteiger partial charge < -0.3 is 4.42 Å². The summed E-state index contributed by atoms with van der Waals surface area (Å²) in [6.07, 6.45) is 0. The fourth-order valence-corrected chi connectivity index (χ4v) is 3.07. The highest BCUT2D eigenvalue weighted by atomic mass is 35.5. The molecule has 1 heterocycles. The lowest BCUT2D eigenvalue weighted by Crippen LogP contribution is -2.14. The van der Waals surface area contributed by atoms with E-state index in [0.717, 1.165) is 4.90 Å². The van der Waals surface area contributed by atoms with Gasteiger partial charge in [-0.15, -0.1) is 16.9 Å². The minimum Gasteiger partial charge on any atom is -0.403 e. The maximum atomic E-state index is 12.0. The molecule has 0 spiro atoms. The van der Waals surface area contributed by atoms with Crippen molar-refractivity contribution in [3.63, 3.8) is 0 Å². The first-order valence-electron chi connectivity index (χ1n) is 6.98. The van der Waals surface area contributed by atoms with E-state index in [1.165, 1.54) is 11.8 Å². The van der Waals surface area contributed by atoms with Gasteiger partial charge in [-0.1, -0.05) is 39.9 Å². The average molecular weight is 415 g/mol. The van der Waals surface area contributed by atoms with E-state index in [4.69, 9.17) is 39.2 Å². The predicted molar refractivity (Wildman–Crippen MR) is 101 cm³/mol. The maximum Gasteiger partial charge on any atom is 0.322 e. The molecule has 1 aromatic heterocycles. The molecule has 0 atom stereocenters. The van der Waals surface area contributed by atoms with Gasteiger partial charge in [-0.05, 0) is 42.5 Å². The molecule has 0 saturated heterocycles. The molecule has 9 heteroatoms. The highest BCUT2D eigenvalue weighted by Gasteiger charge is 2.14. The molecule has 5 nitrogen and oxygen atoms in total. The van der Waals surface area contributed by atoms with Crippen LogP contribution in [0.15, 0.2) is 51.8 Å². The van der Waals surface area contributed by atoms with Crippen molar-refractivity contribution in [1.29, 1.82) is 0 Å². The molecule has 0 saturated carbocycles. The summed E-state index contributed by atoms with van der Waals surface area (Å²) in [5.74, 6) is 0.0950. The summed E-state index contributed by atoms with van der Waals surface area (Å²) >= 11 is 19.2. The number of thioether (sulfide) groups is 1. The van der Waals surface area contributed by atoms with E-state index >= 15 is 0 Å². The molecule has 0 bridgehead atoms. The van der Waals surface area contributed by atoms with Crippen LogP contribution < -0.4 is 5.32 Å². The standard InChI is InChI=1S/C16H10Cl3N3O2S/c17-9-1-4-11(5-2-9)25-8-14(23)20-16-22-21-15(24-16)12-7-10(18)3-6-13(12)19/h1-7H,8H2,(H,20,22,23). The van der Waals surface area contributed by atoms with E-state index in [2.05, 4.69) is 15.5 Å². The van der Waals surface area contributed by atoms with Crippen molar-refractivity contribution in [3.8, 4) is 11.5 Å². The molecule has 128 valence electrons. The number of hydrogen-bond acceptors (Lipinski definition) is 5. The monoisotopic (exact) mass is 413 g/mol. The maximum absolute atomic E-state index is 12.0. The number of rotatable bonds is 5. The molecule has 0 aliphatic rings. The van der Waals surface area contributed by atoms with E-state index < -0.39 is 0 Å². The molecule has 0 radical (unpaired) electrons. The van der Waals surface area contributed by atoms with Gasteiger partial charge in [-0.3, -0.25) is 10.1 Å². The molecule has 0 aliphatic carbocycles. The number of anilines is 1. The quantitative estimate of drug-likeness (QED) is 0.564. The third kappa shape index (κ3) is 4.89.